The van der Waals surface area contributed by atoms with Crippen LogP contribution in [0.3, 0.4) is 0 Å². The molecule has 0 amide bonds. The maximum absolute atomic E-state index is 11.7. The first-order valence-electron chi connectivity index (χ1n) is 5.14. The van der Waals surface area contributed by atoms with Crippen LogP contribution in [0.25, 0.3) is 0 Å². The molecule has 0 unspecified atom stereocenters. The molecule has 0 fully saturated rings. The van der Waals surface area contributed by atoms with Gasteiger partial charge in [0.05, 0.1) is 12.2 Å². The lowest BCUT2D eigenvalue weighted by Gasteiger charge is -2.07. The Labute approximate surface area is 95.7 Å². The van der Waals surface area contributed by atoms with E-state index in [0.717, 1.165) is 5.56 Å². The summed E-state index contributed by atoms with van der Waals surface area (Å²) in [5.74, 6) is -0.314. The molecule has 0 heterocycles. The number of benzene rings is 1. The Morgan fingerprint density at radius 3 is 2.81 bits per heavy atom. The summed E-state index contributed by atoms with van der Waals surface area (Å²) in [6.07, 6.45) is 3.63. The molecule has 0 spiro atoms. The smallest absolute Gasteiger partial charge is 0.338 e. The van der Waals surface area contributed by atoms with Crippen LogP contribution in [0.5, 0.6) is 0 Å². The fourth-order valence-electron chi connectivity index (χ4n) is 1.30. The van der Waals surface area contributed by atoms with E-state index in [1.54, 1.807) is 19.3 Å². The van der Waals surface area contributed by atoms with Gasteiger partial charge >= 0.3 is 5.97 Å². The number of hydrogen-bond acceptors (Lipinski definition) is 3. The molecule has 0 aromatic heterocycles. The zero-order valence-corrected chi connectivity index (χ0v) is 9.60. The highest BCUT2D eigenvalue weighted by atomic mass is 16.5. The molecular weight excluding hydrogens is 204 g/mol. The lowest BCUT2D eigenvalue weighted by Crippen LogP contribution is -2.08. The zero-order valence-electron chi connectivity index (χ0n) is 9.60. The lowest BCUT2D eigenvalue weighted by atomic mass is 10.1. The van der Waals surface area contributed by atoms with E-state index in [9.17, 15) is 4.79 Å². The Morgan fingerprint density at radius 2 is 2.12 bits per heavy atom. The number of carbonyl (C=O) groups is 1. The van der Waals surface area contributed by atoms with Gasteiger partial charge in [-0.2, -0.15) is 0 Å². The molecular formula is C13H16O3. The topological polar surface area (TPSA) is 35.5 Å². The molecule has 1 aromatic carbocycles. The fourth-order valence-corrected chi connectivity index (χ4v) is 1.30. The van der Waals surface area contributed by atoms with E-state index in [0.29, 0.717) is 18.8 Å². The van der Waals surface area contributed by atoms with Crippen LogP contribution in [-0.4, -0.2) is 19.7 Å². The third-order valence-electron chi connectivity index (χ3n) is 2.08. The Kier molecular flexibility index (Phi) is 5.29. The zero-order chi connectivity index (χ0) is 11.8. The molecule has 0 aliphatic carbocycles. The van der Waals surface area contributed by atoms with Gasteiger partial charge in [-0.25, -0.2) is 4.79 Å². The number of rotatable bonds is 5. The molecule has 0 bridgehead atoms. The predicted molar refractivity (Wildman–Crippen MR) is 62.3 cm³/mol. The van der Waals surface area contributed by atoms with E-state index in [4.69, 9.17) is 9.47 Å². The Balaban J connectivity index is 2.73. The van der Waals surface area contributed by atoms with Crippen molar-refractivity contribution in [1.29, 1.82) is 0 Å². The van der Waals surface area contributed by atoms with Crippen molar-refractivity contribution in [1.82, 2.24) is 0 Å². The van der Waals surface area contributed by atoms with Crippen molar-refractivity contribution in [2.75, 3.05) is 13.7 Å². The molecule has 0 radical (unpaired) electrons. The van der Waals surface area contributed by atoms with Crippen LogP contribution in [0, 0.1) is 0 Å². The number of methoxy groups -OCH3 is 1. The van der Waals surface area contributed by atoms with Crippen LogP contribution >= 0.6 is 0 Å². The first-order chi connectivity index (χ1) is 7.79. The third kappa shape index (κ3) is 3.51. The molecule has 86 valence electrons. The predicted octanol–water partition coefficient (Wildman–Crippen LogP) is 2.57. The fraction of sp³-hybridized carbons (Fsp3) is 0.308. The highest BCUT2D eigenvalue weighted by molar-refractivity contribution is 5.91. The molecule has 0 atom stereocenters. The first kappa shape index (κ1) is 12.5. The summed E-state index contributed by atoms with van der Waals surface area (Å²) in [5, 5.41) is 0. The molecule has 3 nitrogen and oxygen atoms in total. The second-order valence-corrected chi connectivity index (χ2v) is 3.26. The quantitative estimate of drug-likeness (QED) is 0.565. The third-order valence-corrected chi connectivity index (χ3v) is 2.08. The monoisotopic (exact) mass is 220 g/mol. The summed E-state index contributed by atoms with van der Waals surface area (Å²) in [4.78, 5) is 11.7. The molecule has 0 N–H and O–H groups in total. The number of ether oxygens (including phenoxy) is 2. The van der Waals surface area contributed by atoms with Crippen molar-refractivity contribution < 1.29 is 14.3 Å². The molecule has 0 aliphatic heterocycles. The van der Waals surface area contributed by atoms with Crippen LogP contribution in [0.4, 0.5) is 0 Å². The van der Waals surface area contributed by atoms with E-state index >= 15 is 0 Å². The van der Waals surface area contributed by atoms with Crippen molar-refractivity contribution in [3.05, 3.63) is 47.5 Å². The Hall–Kier alpha value is -1.61. The van der Waals surface area contributed by atoms with E-state index in [1.165, 1.54) is 0 Å². The van der Waals surface area contributed by atoms with Gasteiger partial charge in [-0.05, 0) is 18.6 Å². The second kappa shape index (κ2) is 6.80. The normalized spacial score (nSPS) is 10.6. The van der Waals surface area contributed by atoms with Gasteiger partial charge in [0.1, 0.15) is 6.61 Å². The van der Waals surface area contributed by atoms with Gasteiger partial charge in [0.15, 0.2) is 0 Å². The van der Waals surface area contributed by atoms with Crippen LogP contribution in [0.15, 0.2) is 36.4 Å². The maximum atomic E-state index is 11.7. The SMILES string of the molecule is CC=CCOC(=O)c1ccccc1COC. The summed E-state index contributed by atoms with van der Waals surface area (Å²) in [5.41, 5.74) is 1.41. The average Bonchev–Trinajstić information content (AvgIpc) is 2.30. The molecule has 1 rings (SSSR count). The van der Waals surface area contributed by atoms with Crippen LogP contribution < -0.4 is 0 Å². The minimum atomic E-state index is -0.314. The van der Waals surface area contributed by atoms with Gasteiger partial charge in [-0.15, -0.1) is 0 Å². The van der Waals surface area contributed by atoms with E-state index in [-0.39, 0.29) is 5.97 Å². The summed E-state index contributed by atoms with van der Waals surface area (Å²) in [6.45, 7) is 2.60. The van der Waals surface area contributed by atoms with Crippen molar-refractivity contribution >= 4 is 5.97 Å². The van der Waals surface area contributed by atoms with Gasteiger partial charge in [0.2, 0.25) is 0 Å². The van der Waals surface area contributed by atoms with Crippen LogP contribution in [0.2, 0.25) is 0 Å². The summed E-state index contributed by atoms with van der Waals surface area (Å²) < 4.78 is 10.1. The molecule has 3 heteroatoms. The largest absolute Gasteiger partial charge is 0.458 e. The van der Waals surface area contributed by atoms with Crippen molar-refractivity contribution in [3.8, 4) is 0 Å². The minimum absolute atomic E-state index is 0.302. The van der Waals surface area contributed by atoms with Crippen molar-refractivity contribution in [2.45, 2.75) is 13.5 Å². The van der Waals surface area contributed by atoms with Crippen LogP contribution in [0.1, 0.15) is 22.8 Å². The molecule has 0 aliphatic rings. The van der Waals surface area contributed by atoms with Gasteiger partial charge in [-0.3, -0.25) is 0 Å². The van der Waals surface area contributed by atoms with Crippen LogP contribution in [-0.2, 0) is 16.1 Å². The van der Waals surface area contributed by atoms with E-state index < -0.39 is 0 Å². The Morgan fingerprint density at radius 1 is 1.38 bits per heavy atom. The second-order valence-electron chi connectivity index (χ2n) is 3.26. The van der Waals surface area contributed by atoms with E-state index in [1.807, 2.05) is 31.2 Å². The standard InChI is InChI=1S/C13H16O3/c1-3-4-9-16-13(14)12-8-6-5-7-11(12)10-15-2/h3-8H,9-10H2,1-2H3. The summed E-state index contributed by atoms with van der Waals surface area (Å²) in [7, 11) is 1.60. The van der Waals surface area contributed by atoms with Gasteiger partial charge < -0.3 is 9.47 Å². The highest BCUT2D eigenvalue weighted by Gasteiger charge is 2.10. The molecule has 1 aromatic rings. The molecule has 0 saturated heterocycles. The molecule has 16 heavy (non-hydrogen) atoms. The highest BCUT2D eigenvalue weighted by Crippen LogP contribution is 2.11. The number of esters is 1. The number of hydrogen-bond donors (Lipinski definition) is 0. The van der Waals surface area contributed by atoms with Gasteiger partial charge in [0.25, 0.3) is 0 Å². The maximum Gasteiger partial charge on any atom is 0.338 e. The summed E-state index contributed by atoms with van der Waals surface area (Å²) in [6, 6.07) is 7.28. The Bertz CT molecular complexity index is 369. The van der Waals surface area contributed by atoms with Gasteiger partial charge in [0, 0.05) is 7.11 Å². The minimum Gasteiger partial charge on any atom is -0.458 e. The molecule has 0 saturated carbocycles. The lowest BCUT2D eigenvalue weighted by molar-refractivity contribution is 0.0544. The van der Waals surface area contributed by atoms with Crippen molar-refractivity contribution in [3.63, 3.8) is 0 Å². The van der Waals surface area contributed by atoms with E-state index in [2.05, 4.69) is 0 Å². The van der Waals surface area contributed by atoms with Gasteiger partial charge in [-0.1, -0.05) is 30.4 Å². The average molecular weight is 220 g/mol. The first-order valence-corrected chi connectivity index (χ1v) is 5.14. The summed E-state index contributed by atoms with van der Waals surface area (Å²) >= 11 is 0. The number of carbonyl (C=O) groups excluding carboxylic acids is 1. The van der Waals surface area contributed by atoms with Crippen molar-refractivity contribution in [2.24, 2.45) is 0 Å². The number of allylic oxidation sites excluding steroid dienone is 1.